The van der Waals surface area contributed by atoms with Crippen LogP contribution in [0.3, 0.4) is 0 Å². The molecule has 0 aliphatic carbocycles. The third-order valence-corrected chi connectivity index (χ3v) is 2.96. The summed E-state index contributed by atoms with van der Waals surface area (Å²) < 4.78 is 42.1. The summed E-state index contributed by atoms with van der Waals surface area (Å²) in [5.41, 5.74) is 0.835. The van der Waals surface area contributed by atoms with Gasteiger partial charge in [-0.05, 0) is 30.5 Å². The van der Waals surface area contributed by atoms with Crippen molar-refractivity contribution in [3.63, 3.8) is 0 Å². The number of alkyl halides is 3. The maximum atomic E-state index is 12.2. The molecule has 0 aliphatic heterocycles. The van der Waals surface area contributed by atoms with Gasteiger partial charge in [0.15, 0.2) is 6.10 Å². The monoisotopic (exact) mass is 305 g/mol. The van der Waals surface area contributed by atoms with Crippen molar-refractivity contribution in [2.24, 2.45) is 5.92 Å². The summed E-state index contributed by atoms with van der Waals surface area (Å²) in [7, 11) is 0. The van der Waals surface area contributed by atoms with Gasteiger partial charge < -0.3 is 15.2 Å². The fourth-order valence-electron chi connectivity index (χ4n) is 1.64. The van der Waals surface area contributed by atoms with Gasteiger partial charge in [-0.25, -0.2) is 0 Å². The Hall–Kier alpha value is -1.27. The molecule has 0 saturated carbocycles. The summed E-state index contributed by atoms with van der Waals surface area (Å²) >= 11 is 0. The molecule has 0 heterocycles. The Kier molecular flexibility index (Phi) is 6.48. The lowest BCUT2D eigenvalue weighted by Gasteiger charge is -2.19. The number of ether oxygens (including phenoxy) is 1. The molecule has 1 aromatic rings. The molecule has 2 atom stereocenters. The molecule has 2 N–H and O–H groups in total. The summed E-state index contributed by atoms with van der Waals surface area (Å²) in [5.74, 6) is 1.16. The minimum absolute atomic E-state index is 0.291. The van der Waals surface area contributed by atoms with Crippen LogP contribution in [0.1, 0.15) is 32.4 Å². The van der Waals surface area contributed by atoms with Gasteiger partial charge >= 0.3 is 6.18 Å². The van der Waals surface area contributed by atoms with Gasteiger partial charge in [0.25, 0.3) is 0 Å². The Morgan fingerprint density at radius 3 is 2.19 bits per heavy atom. The Bertz CT molecular complexity index is 418. The maximum Gasteiger partial charge on any atom is 0.415 e. The van der Waals surface area contributed by atoms with E-state index in [4.69, 9.17) is 9.84 Å². The van der Waals surface area contributed by atoms with Crippen LogP contribution in [-0.2, 0) is 0 Å². The molecule has 1 aromatic carbocycles. The number of rotatable bonds is 7. The number of hydrogen-bond donors (Lipinski definition) is 2. The van der Waals surface area contributed by atoms with Gasteiger partial charge in [-0.1, -0.05) is 26.0 Å². The minimum Gasteiger partial charge on any atom is -0.493 e. The van der Waals surface area contributed by atoms with Gasteiger partial charge in [-0.3, -0.25) is 0 Å². The van der Waals surface area contributed by atoms with Crippen molar-refractivity contribution in [2.75, 3.05) is 13.2 Å². The third kappa shape index (κ3) is 6.35. The highest BCUT2D eigenvalue weighted by molar-refractivity contribution is 5.28. The number of aliphatic hydroxyl groups is 1. The number of nitrogens with one attached hydrogen (secondary N) is 1. The van der Waals surface area contributed by atoms with Crippen LogP contribution in [0.4, 0.5) is 13.2 Å². The topological polar surface area (TPSA) is 41.5 Å². The predicted octanol–water partition coefficient (Wildman–Crippen LogP) is 3.30. The van der Waals surface area contributed by atoms with Gasteiger partial charge in [0.2, 0.25) is 0 Å². The van der Waals surface area contributed by atoms with Crippen molar-refractivity contribution in [3.05, 3.63) is 29.8 Å². The van der Waals surface area contributed by atoms with E-state index in [0.717, 1.165) is 11.3 Å². The molecule has 0 aromatic heterocycles. The van der Waals surface area contributed by atoms with E-state index in [2.05, 4.69) is 5.32 Å². The number of halogens is 3. The maximum absolute atomic E-state index is 12.2. The minimum atomic E-state index is -4.60. The lowest BCUT2D eigenvalue weighted by Crippen LogP contribution is -2.39. The fraction of sp³-hybridized carbons (Fsp3) is 0.600. The van der Waals surface area contributed by atoms with Crippen LogP contribution in [0.5, 0.6) is 5.75 Å². The molecule has 120 valence electrons. The quantitative estimate of drug-likeness (QED) is 0.812. The van der Waals surface area contributed by atoms with Crippen LogP contribution in [0, 0.1) is 5.92 Å². The van der Waals surface area contributed by atoms with Crippen molar-refractivity contribution >= 4 is 0 Å². The van der Waals surface area contributed by atoms with E-state index in [0.29, 0.717) is 12.5 Å². The van der Waals surface area contributed by atoms with Crippen molar-refractivity contribution in [1.82, 2.24) is 5.32 Å². The zero-order valence-electron chi connectivity index (χ0n) is 12.4. The van der Waals surface area contributed by atoms with E-state index in [-0.39, 0.29) is 6.04 Å². The Labute approximate surface area is 123 Å². The average Bonchev–Trinajstić information content (AvgIpc) is 2.41. The molecule has 1 rings (SSSR count). The third-order valence-electron chi connectivity index (χ3n) is 2.96. The summed E-state index contributed by atoms with van der Waals surface area (Å²) in [6.07, 6.45) is -6.95. The molecule has 0 radical (unpaired) electrons. The van der Waals surface area contributed by atoms with E-state index in [9.17, 15) is 13.2 Å². The second-order valence-electron chi connectivity index (χ2n) is 5.46. The van der Waals surface area contributed by atoms with Gasteiger partial charge in [-0.15, -0.1) is 0 Å². The van der Waals surface area contributed by atoms with Crippen LogP contribution >= 0.6 is 0 Å². The molecule has 3 nitrogen and oxygen atoms in total. The smallest absolute Gasteiger partial charge is 0.415 e. The highest BCUT2D eigenvalue weighted by atomic mass is 19.4. The molecule has 0 aliphatic rings. The van der Waals surface area contributed by atoms with Crippen LogP contribution in [-0.4, -0.2) is 30.5 Å². The number of hydrogen-bond acceptors (Lipinski definition) is 3. The molecule has 0 fully saturated rings. The molecule has 0 bridgehead atoms. The lowest BCUT2D eigenvalue weighted by molar-refractivity contribution is -0.202. The molecule has 21 heavy (non-hydrogen) atoms. The van der Waals surface area contributed by atoms with Gasteiger partial charge in [0.1, 0.15) is 5.75 Å². The van der Waals surface area contributed by atoms with E-state index in [1.165, 1.54) is 0 Å². The summed E-state index contributed by atoms with van der Waals surface area (Å²) in [6, 6.07) is 6.88. The Morgan fingerprint density at radius 2 is 1.71 bits per heavy atom. The first-order chi connectivity index (χ1) is 9.70. The van der Waals surface area contributed by atoms with Gasteiger partial charge in [0, 0.05) is 12.6 Å². The summed E-state index contributed by atoms with van der Waals surface area (Å²) in [6.45, 7) is 5.92. The van der Waals surface area contributed by atoms with Crippen molar-refractivity contribution in [1.29, 1.82) is 0 Å². The molecule has 0 amide bonds. The molecule has 0 spiro atoms. The summed E-state index contributed by atoms with van der Waals surface area (Å²) in [4.78, 5) is 0. The Morgan fingerprint density at radius 1 is 1.14 bits per heavy atom. The summed E-state index contributed by atoms with van der Waals surface area (Å²) in [5, 5.41) is 11.6. The largest absolute Gasteiger partial charge is 0.493 e. The van der Waals surface area contributed by atoms with E-state index in [1.807, 2.05) is 13.8 Å². The van der Waals surface area contributed by atoms with E-state index < -0.39 is 18.8 Å². The predicted molar refractivity (Wildman–Crippen MR) is 75.3 cm³/mol. The molecular formula is C15H22F3NO2. The first-order valence-corrected chi connectivity index (χ1v) is 6.91. The zero-order chi connectivity index (χ0) is 16.0. The second-order valence-corrected chi connectivity index (χ2v) is 5.46. The van der Waals surface area contributed by atoms with Gasteiger partial charge in [0.05, 0.1) is 6.61 Å². The van der Waals surface area contributed by atoms with Gasteiger partial charge in [-0.2, -0.15) is 13.2 Å². The number of benzene rings is 1. The zero-order valence-corrected chi connectivity index (χ0v) is 12.4. The highest BCUT2D eigenvalue weighted by Gasteiger charge is 2.37. The van der Waals surface area contributed by atoms with E-state index in [1.54, 1.807) is 31.2 Å². The standard InChI is InChI=1S/C15H22F3NO2/c1-10(2)9-21-13-6-4-12(5-7-13)11(3)19-8-14(20)15(16,17)18/h4-7,10-11,14,19-20H,8-9H2,1-3H3. The lowest BCUT2D eigenvalue weighted by atomic mass is 10.1. The van der Waals surface area contributed by atoms with Crippen molar-refractivity contribution in [2.45, 2.75) is 39.1 Å². The van der Waals surface area contributed by atoms with Crippen LogP contribution < -0.4 is 10.1 Å². The molecule has 2 unspecified atom stereocenters. The van der Waals surface area contributed by atoms with Crippen LogP contribution in [0.15, 0.2) is 24.3 Å². The molecule has 6 heteroatoms. The molecule has 0 saturated heterocycles. The van der Waals surface area contributed by atoms with E-state index >= 15 is 0 Å². The van der Waals surface area contributed by atoms with Crippen LogP contribution in [0.25, 0.3) is 0 Å². The highest BCUT2D eigenvalue weighted by Crippen LogP contribution is 2.21. The number of aliphatic hydroxyl groups excluding tert-OH is 1. The average molecular weight is 305 g/mol. The Balaban J connectivity index is 2.49. The van der Waals surface area contributed by atoms with Crippen molar-refractivity contribution < 1.29 is 23.0 Å². The first-order valence-electron chi connectivity index (χ1n) is 6.91. The van der Waals surface area contributed by atoms with Crippen LogP contribution in [0.2, 0.25) is 0 Å². The normalized spacial score (nSPS) is 15.0. The SMILES string of the molecule is CC(C)COc1ccc(C(C)NCC(O)C(F)(F)F)cc1. The fourth-order valence-corrected chi connectivity index (χ4v) is 1.64. The van der Waals surface area contributed by atoms with Crippen molar-refractivity contribution in [3.8, 4) is 5.75 Å². The molecular weight excluding hydrogens is 283 g/mol. The first kappa shape index (κ1) is 17.8. The second kappa shape index (κ2) is 7.66.